The summed E-state index contributed by atoms with van der Waals surface area (Å²) in [7, 11) is 0. The van der Waals surface area contributed by atoms with Gasteiger partial charge in [0, 0.05) is 5.69 Å². The molecule has 106 valence electrons. The molecule has 20 heavy (non-hydrogen) atoms. The van der Waals surface area contributed by atoms with Crippen molar-refractivity contribution < 1.29 is 13.9 Å². The first-order valence-electron chi connectivity index (χ1n) is 6.63. The highest BCUT2D eigenvalue weighted by atomic mass is 16.5. The summed E-state index contributed by atoms with van der Waals surface area (Å²) in [5.41, 5.74) is 3.40. The van der Waals surface area contributed by atoms with Gasteiger partial charge in [-0.25, -0.2) is 4.79 Å². The second-order valence-corrected chi connectivity index (χ2v) is 4.35. The van der Waals surface area contributed by atoms with E-state index < -0.39 is 5.97 Å². The van der Waals surface area contributed by atoms with Gasteiger partial charge >= 0.3 is 5.97 Å². The molecule has 1 N–H and O–H groups in total. The van der Waals surface area contributed by atoms with Gasteiger partial charge in [0.15, 0.2) is 5.69 Å². The van der Waals surface area contributed by atoms with Crippen LogP contribution in [0.1, 0.15) is 35.5 Å². The van der Waals surface area contributed by atoms with E-state index in [0.717, 1.165) is 17.7 Å². The number of esters is 1. The monoisotopic (exact) mass is 274 g/mol. The molecule has 0 radical (unpaired) electrons. The van der Waals surface area contributed by atoms with Crippen LogP contribution in [0.3, 0.4) is 0 Å². The third kappa shape index (κ3) is 2.99. The van der Waals surface area contributed by atoms with Gasteiger partial charge in [-0.1, -0.05) is 25.1 Å². The topological polar surface area (TPSA) is 64.4 Å². The van der Waals surface area contributed by atoms with Crippen LogP contribution in [0, 0.1) is 6.92 Å². The van der Waals surface area contributed by atoms with Gasteiger partial charge in [0.1, 0.15) is 6.26 Å². The van der Waals surface area contributed by atoms with E-state index in [1.54, 1.807) is 6.92 Å². The van der Waals surface area contributed by atoms with Gasteiger partial charge in [-0.05, 0) is 31.4 Å². The van der Waals surface area contributed by atoms with Crippen LogP contribution in [0.2, 0.25) is 0 Å². The predicted molar refractivity (Wildman–Crippen MR) is 76.3 cm³/mol. The molecule has 0 saturated carbocycles. The van der Waals surface area contributed by atoms with Crippen LogP contribution in [0.15, 0.2) is 28.9 Å². The number of oxazole rings is 1. The Morgan fingerprint density at radius 1 is 1.40 bits per heavy atom. The van der Waals surface area contributed by atoms with Crippen molar-refractivity contribution in [1.82, 2.24) is 4.98 Å². The van der Waals surface area contributed by atoms with Crippen LogP contribution >= 0.6 is 0 Å². The molecule has 0 atom stereocenters. The fraction of sp³-hybridized carbons (Fsp3) is 0.333. The number of para-hydroxylation sites is 1. The lowest BCUT2D eigenvalue weighted by Crippen LogP contribution is -2.05. The first-order valence-corrected chi connectivity index (χ1v) is 6.63. The van der Waals surface area contributed by atoms with Crippen molar-refractivity contribution in [3.8, 4) is 0 Å². The molecule has 5 heteroatoms. The lowest BCUT2D eigenvalue weighted by atomic mass is 10.1. The van der Waals surface area contributed by atoms with Crippen LogP contribution in [0.25, 0.3) is 0 Å². The second kappa shape index (κ2) is 6.23. The summed E-state index contributed by atoms with van der Waals surface area (Å²) in [4.78, 5) is 15.6. The lowest BCUT2D eigenvalue weighted by Gasteiger charge is -2.10. The zero-order valence-electron chi connectivity index (χ0n) is 11.9. The number of carbonyl (C=O) groups excluding carboxylic acids is 1. The molecule has 2 aromatic rings. The molecule has 0 aliphatic heterocycles. The summed E-state index contributed by atoms with van der Waals surface area (Å²) in [6.07, 6.45) is 2.19. The number of ether oxygens (including phenoxy) is 1. The van der Waals surface area contributed by atoms with Crippen molar-refractivity contribution in [2.75, 3.05) is 11.9 Å². The van der Waals surface area contributed by atoms with Crippen LogP contribution in [0.5, 0.6) is 0 Å². The Morgan fingerprint density at radius 2 is 2.20 bits per heavy atom. The fourth-order valence-electron chi connectivity index (χ4n) is 1.94. The van der Waals surface area contributed by atoms with Crippen molar-refractivity contribution in [3.63, 3.8) is 0 Å². The third-order valence-corrected chi connectivity index (χ3v) is 2.96. The average Bonchev–Trinajstić information content (AvgIpc) is 2.90. The SMILES string of the molecule is CCOC(=O)c1coc(Nc2c(C)cccc2CC)n1. The number of hydrogen-bond acceptors (Lipinski definition) is 5. The molecule has 2 rings (SSSR count). The maximum absolute atomic E-state index is 11.5. The maximum atomic E-state index is 11.5. The molecular formula is C15H18N2O3. The van der Waals surface area contributed by atoms with Gasteiger partial charge < -0.3 is 14.5 Å². The highest BCUT2D eigenvalue weighted by molar-refractivity contribution is 5.87. The number of nitrogens with zero attached hydrogens (tertiary/aromatic N) is 1. The minimum absolute atomic E-state index is 0.168. The fourth-order valence-corrected chi connectivity index (χ4v) is 1.94. The summed E-state index contributed by atoms with van der Waals surface area (Å²) >= 11 is 0. The van der Waals surface area contributed by atoms with Gasteiger partial charge in [0.25, 0.3) is 6.01 Å². The number of benzene rings is 1. The van der Waals surface area contributed by atoms with Gasteiger partial charge in [0.05, 0.1) is 6.61 Å². The molecule has 0 saturated heterocycles. The Bertz CT molecular complexity index is 605. The Balaban J connectivity index is 2.21. The number of anilines is 2. The maximum Gasteiger partial charge on any atom is 0.360 e. The summed E-state index contributed by atoms with van der Waals surface area (Å²) < 4.78 is 10.1. The third-order valence-electron chi connectivity index (χ3n) is 2.96. The zero-order valence-corrected chi connectivity index (χ0v) is 11.9. The molecule has 1 aromatic carbocycles. The van der Waals surface area contributed by atoms with Gasteiger partial charge in [0.2, 0.25) is 0 Å². The molecular weight excluding hydrogens is 256 g/mol. The van der Waals surface area contributed by atoms with E-state index in [2.05, 4.69) is 17.2 Å². The van der Waals surface area contributed by atoms with Gasteiger partial charge in [-0.15, -0.1) is 0 Å². The van der Waals surface area contributed by atoms with E-state index in [9.17, 15) is 4.79 Å². The molecule has 0 amide bonds. The number of carbonyl (C=O) groups is 1. The van der Waals surface area contributed by atoms with Crippen molar-refractivity contribution in [2.24, 2.45) is 0 Å². The van der Waals surface area contributed by atoms with E-state index in [1.807, 2.05) is 25.1 Å². The largest absolute Gasteiger partial charge is 0.461 e. The minimum atomic E-state index is -0.482. The van der Waals surface area contributed by atoms with Crippen LogP contribution in [-0.4, -0.2) is 17.6 Å². The van der Waals surface area contributed by atoms with E-state index in [0.29, 0.717) is 6.61 Å². The highest BCUT2D eigenvalue weighted by Crippen LogP contribution is 2.25. The minimum Gasteiger partial charge on any atom is -0.461 e. The standard InChI is InChI=1S/C15H18N2O3/c1-4-11-8-6-7-10(3)13(11)17-15-16-12(9-20-15)14(18)19-5-2/h6-9H,4-5H2,1-3H3,(H,16,17). The van der Waals surface area contributed by atoms with Crippen molar-refractivity contribution in [1.29, 1.82) is 0 Å². The van der Waals surface area contributed by atoms with Crippen molar-refractivity contribution in [3.05, 3.63) is 41.3 Å². The number of nitrogens with one attached hydrogen (secondary N) is 1. The van der Waals surface area contributed by atoms with Crippen LogP contribution < -0.4 is 5.32 Å². The first kappa shape index (κ1) is 14.1. The van der Waals surface area contributed by atoms with Crippen molar-refractivity contribution >= 4 is 17.7 Å². The molecule has 0 spiro atoms. The quantitative estimate of drug-likeness (QED) is 0.846. The van der Waals surface area contributed by atoms with Crippen molar-refractivity contribution in [2.45, 2.75) is 27.2 Å². The summed E-state index contributed by atoms with van der Waals surface area (Å²) in [6.45, 7) is 6.15. The molecule has 0 aliphatic rings. The number of rotatable bonds is 5. The molecule has 1 aromatic heterocycles. The molecule has 0 unspecified atom stereocenters. The Kier molecular flexibility index (Phi) is 4.40. The lowest BCUT2D eigenvalue weighted by molar-refractivity contribution is 0.0519. The van der Waals surface area contributed by atoms with E-state index in [-0.39, 0.29) is 11.7 Å². The van der Waals surface area contributed by atoms with Gasteiger partial charge in [-0.3, -0.25) is 0 Å². The summed E-state index contributed by atoms with van der Waals surface area (Å²) in [5, 5.41) is 3.12. The van der Waals surface area contributed by atoms with Gasteiger partial charge in [-0.2, -0.15) is 4.98 Å². The summed E-state index contributed by atoms with van der Waals surface area (Å²) in [6, 6.07) is 6.36. The molecule has 5 nitrogen and oxygen atoms in total. The number of aromatic nitrogens is 1. The van der Waals surface area contributed by atoms with Crippen LogP contribution in [0.4, 0.5) is 11.7 Å². The molecule has 0 aliphatic carbocycles. The summed E-state index contributed by atoms with van der Waals surface area (Å²) in [5.74, 6) is -0.482. The molecule has 0 bridgehead atoms. The van der Waals surface area contributed by atoms with Crippen LogP contribution in [-0.2, 0) is 11.2 Å². The highest BCUT2D eigenvalue weighted by Gasteiger charge is 2.14. The Hall–Kier alpha value is -2.30. The molecule has 1 heterocycles. The number of hydrogen-bond donors (Lipinski definition) is 1. The predicted octanol–water partition coefficient (Wildman–Crippen LogP) is 3.47. The normalized spacial score (nSPS) is 10.3. The Morgan fingerprint density at radius 3 is 2.90 bits per heavy atom. The zero-order chi connectivity index (χ0) is 14.5. The molecule has 0 fully saturated rings. The number of aryl methyl sites for hydroxylation is 2. The smallest absolute Gasteiger partial charge is 0.360 e. The van der Waals surface area contributed by atoms with E-state index >= 15 is 0 Å². The van der Waals surface area contributed by atoms with E-state index in [1.165, 1.54) is 11.8 Å². The Labute approximate surface area is 118 Å². The second-order valence-electron chi connectivity index (χ2n) is 4.35. The van der Waals surface area contributed by atoms with E-state index in [4.69, 9.17) is 9.15 Å². The average molecular weight is 274 g/mol. The first-order chi connectivity index (χ1) is 9.65.